The van der Waals surface area contributed by atoms with Gasteiger partial charge in [0, 0.05) is 0 Å². The van der Waals surface area contributed by atoms with Gasteiger partial charge in [-0.3, -0.25) is 0 Å². The van der Waals surface area contributed by atoms with Crippen LogP contribution in [-0.2, 0) is 0 Å². The summed E-state index contributed by atoms with van der Waals surface area (Å²) in [6.45, 7) is 9.86. The third-order valence-corrected chi connectivity index (χ3v) is 12.2. The summed E-state index contributed by atoms with van der Waals surface area (Å²) in [6, 6.07) is 3.66. The molecule has 3 N–H and O–H groups in total. The van der Waals surface area contributed by atoms with Crippen molar-refractivity contribution in [2.75, 3.05) is 6.61 Å². The smallest absolute Gasteiger partial charge is 0.339 e. The van der Waals surface area contributed by atoms with Gasteiger partial charge in [0.2, 0.25) is 0 Å². The number of halogens is 1. The van der Waals surface area contributed by atoms with E-state index in [1.807, 2.05) is 0 Å². The topological polar surface area (TPSA) is 87.0 Å². The van der Waals surface area contributed by atoms with Crippen molar-refractivity contribution >= 4 is 5.97 Å². The molecule has 1 aromatic carbocycles. The lowest BCUT2D eigenvalue weighted by Crippen LogP contribution is -2.62. The highest BCUT2D eigenvalue weighted by atomic mass is 19.1. The summed E-state index contributed by atoms with van der Waals surface area (Å²) >= 11 is 0. The van der Waals surface area contributed by atoms with Crippen LogP contribution in [0.3, 0.4) is 0 Å². The number of carboxylic acids is 1. The fraction of sp³-hybridized carbons (Fsp3) is 0.781. The van der Waals surface area contributed by atoms with E-state index in [1.165, 1.54) is 18.6 Å². The molecule has 5 nitrogen and oxygen atoms in total. The van der Waals surface area contributed by atoms with Gasteiger partial charge in [-0.1, -0.05) is 34.1 Å². The van der Waals surface area contributed by atoms with Gasteiger partial charge in [0.15, 0.2) is 0 Å². The molecule has 0 aromatic heterocycles. The van der Waals surface area contributed by atoms with Crippen molar-refractivity contribution < 1.29 is 29.2 Å². The number of ether oxygens (including phenoxy) is 1. The van der Waals surface area contributed by atoms with Crippen LogP contribution in [0.2, 0.25) is 0 Å². The first-order valence-corrected chi connectivity index (χ1v) is 15.0. The van der Waals surface area contributed by atoms with Crippen LogP contribution in [0, 0.1) is 58.1 Å². The molecule has 4 saturated carbocycles. The van der Waals surface area contributed by atoms with Gasteiger partial charge in [-0.2, -0.15) is 0 Å². The van der Waals surface area contributed by atoms with Gasteiger partial charge in [-0.05, 0) is 122 Å². The van der Waals surface area contributed by atoms with Crippen molar-refractivity contribution in [1.29, 1.82) is 0 Å². The van der Waals surface area contributed by atoms with Crippen LogP contribution in [0.15, 0.2) is 18.2 Å². The van der Waals surface area contributed by atoms with E-state index in [9.17, 15) is 24.5 Å². The van der Waals surface area contributed by atoms with Gasteiger partial charge in [-0.25, -0.2) is 9.18 Å². The Morgan fingerprint density at radius 1 is 1.08 bits per heavy atom. The molecule has 38 heavy (non-hydrogen) atoms. The highest BCUT2D eigenvalue weighted by Crippen LogP contribution is 2.69. The molecule has 6 heteroatoms. The van der Waals surface area contributed by atoms with Crippen molar-refractivity contribution in [3.63, 3.8) is 0 Å². The molecule has 0 radical (unpaired) electrons. The number of hydrogen-bond donors (Lipinski definition) is 3. The number of fused-ring (bicyclic) bond motifs is 5. The predicted octanol–water partition coefficient (Wildman–Crippen LogP) is 6.56. The van der Waals surface area contributed by atoms with E-state index >= 15 is 0 Å². The third-order valence-electron chi connectivity index (χ3n) is 12.2. The quantitative estimate of drug-likeness (QED) is 0.372. The number of carboxylic acid groups (broad SMARTS) is 1. The summed E-state index contributed by atoms with van der Waals surface area (Å²) in [5, 5.41) is 31.8. The van der Waals surface area contributed by atoms with Crippen LogP contribution in [0.1, 0.15) is 95.8 Å². The second-order valence-electron chi connectivity index (χ2n) is 13.7. The lowest BCUT2D eigenvalue weighted by molar-refractivity contribution is -0.203. The number of aliphatic hydroxyl groups excluding tert-OH is 2. The molecule has 212 valence electrons. The fourth-order valence-electron chi connectivity index (χ4n) is 10.3. The number of rotatable bonds is 7. The molecular formula is C32H47FO5. The van der Waals surface area contributed by atoms with E-state index in [2.05, 4.69) is 27.7 Å². The Morgan fingerprint density at radius 3 is 2.50 bits per heavy atom. The van der Waals surface area contributed by atoms with Gasteiger partial charge in [0.1, 0.15) is 17.1 Å². The molecule has 1 aromatic rings. The zero-order valence-corrected chi connectivity index (χ0v) is 23.5. The average Bonchev–Trinajstić information content (AvgIpc) is 3.23. The summed E-state index contributed by atoms with van der Waals surface area (Å²) in [6.07, 6.45) is 8.74. The Bertz CT molecular complexity index is 1030. The van der Waals surface area contributed by atoms with Crippen LogP contribution < -0.4 is 4.74 Å². The minimum absolute atomic E-state index is 0.136. The largest absolute Gasteiger partial charge is 0.493 e. The van der Waals surface area contributed by atoms with E-state index in [0.717, 1.165) is 57.4 Å². The standard InChI is InChI=1S/C32H47FO5/c1-5-21-26-17-20(34)10-13-32(26,4)25-11-14-31(3)23(7-8-24(31)28(25)29(21)35)18(2)12-15-38-27-9-6-19(33)16-22(27)30(36)37/h6,9,16,18,20-21,23-26,28-29,34-35H,5,7-8,10-15,17H2,1-4H3,(H,36,37)/t18-,20-,21-,23-,24?,25?,26+,28?,29-,31?,32-/m1/s1. The Morgan fingerprint density at radius 2 is 1.79 bits per heavy atom. The maximum atomic E-state index is 13.5. The molecule has 0 amide bonds. The zero-order valence-electron chi connectivity index (χ0n) is 23.5. The van der Waals surface area contributed by atoms with Crippen LogP contribution in [-0.4, -0.2) is 40.1 Å². The number of carbonyl (C=O) groups is 1. The maximum Gasteiger partial charge on any atom is 0.339 e. The van der Waals surface area contributed by atoms with Crippen LogP contribution >= 0.6 is 0 Å². The molecule has 0 aliphatic heterocycles. The van der Waals surface area contributed by atoms with Crippen molar-refractivity contribution in [1.82, 2.24) is 0 Å². The first-order chi connectivity index (χ1) is 18.0. The summed E-state index contributed by atoms with van der Waals surface area (Å²) in [5.41, 5.74) is 0.251. The minimum Gasteiger partial charge on any atom is -0.493 e. The number of aromatic carboxylic acids is 1. The summed E-state index contributed by atoms with van der Waals surface area (Å²) in [4.78, 5) is 11.5. The van der Waals surface area contributed by atoms with Gasteiger partial charge in [-0.15, -0.1) is 0 Å². The summed E-state index contributed by atoms with van der Waals surface area (Å²) in [7, 11) is 0. The van der Waals surface area contributed by atoms with Gasteiger partial charge in [0.05, 0.1) is 18.8 Å². The molecule has 0 heterocycles. The minimum atomic E-state index is -1.18. The van der Waals surface area contributed by atoms with Crippen LogP contribution in [0.25, 0.3) is 0 Å². The highest BCUT2D eigenvalue weighted by Gasteiger charge is 2.64. The van der Waals surface area contributed by atoms with Crippen LogP contribution in [0.4, 0.5) is 4.39 Å². The lowest BCUT2D eigenvalue weighted by atomic mass is 9.41. The molecule has 4 aliphatic rings. The second-order valence-corrected chi connectivity index (χ2v) is 13.7. The van der Waals surface area contributed by atoms with Crippen LogP contribution in [0.5, 0.6) is 5.75 Å². The molecule has 0 saturated heterocycles. The highest BCUT2D eigenvalue weighted by molar-refractivity contribution is 5.90. The van der Waals surface area contributed by atoms with E-state index in [0.29, 0.717) is 42.1 Å². The van der Waals surface area contributed by atoms with Gasteiger partial charge >= 0.3 is 5.97 Å². The van der Waals surface area contributed by atoms with Crippen molar-refractivity contribution in [2.45, 2.75) is 97.7 Å². The fourth-order valence-corrected chi connectivity index (χ4v) is 10.3. The predicted molar refractivity (Wildman–Crippen MR) is 144 cm³/mol. The first kappa shape index (κ1) is 27.9. The zero-order chi connectivity index (χ0) is 27.4. The summed E-state index contributed by atoms with van der Waals surface area (Å²) in [5.74, 6) is 1.45. The Kier molecular flexibility index (Phi) is 7.62. The van der Waals surface area contributed by atoms with Crippen molar-refractivity contribution in [3.05, 3.63) is 29.6 Å². The van der Waals surface area contributed by atoms with E-state index in [-0.39, 0.29) is 40.3 Å². The van der Waals surface area contributed by atoms with E-state index in [1.54, 1.807) is 0 Å². The average molecular weight is 531 g/mol. The molecule has 4 aliphatic carbocycles. The second kappa shape index (κ2) is 10.4. The maximum absolute atomic E-state index is 13.5. The molecule has 11 atom stereocenters. The monoisotopic (exact) mass is 530 g/mol. The normalized spacial score (nSPS) is 43.0. The number of hydrogen-bond acceptors (Lipinski definition) is 4. The SMILES string of the molecule is CC[C@H]1[C@@H](O)C2C3CC[C@H]([C@H](C)CCOc4ccc(F)cc4C(=O)O)C3(C)CCC2[C@@]2(C)CC[C@@H](O)C[C@@H]12. The molecule has 0 spiro atoms. The Labute approximate surface area is 227 Å². The first-order valence-electron chi connectivity index (χ1n) is 15.0. The molecule has 0 bridgehead atoms. The van der Waals surface area contributed by atoms with Crippen molar-refractivity contribution in [3.8, 4) is 5.75 Å². The molecular weight excluding hydrogens is 483 g/mol. The number of benzene rings is 1. The number of aliphatic hydroxyl groups is 2. The Balaban J connectivity index is 1.30. The van der Waals surface area contributed by atoms with E-state index in [4.69, 9.17) is 4.74 Å². The van der Waals surface area contributed by atoms with Gasteiger partial charge in [0.25, 0.3) is 0 Å². The lowest BCUT2D eigenvalue weighted by Gasteiger charge is -2.64. The van der Waals surface area contributed by atoms with Crippen molar-refractivity contribution in [2.24, 2.45) is 52.3 Å². The van der Waals surface area contributed by atoms with Gasteiger partial charge < -0.3 is 20.1 Å². The molecule has 4 fully saturated rings. The molecule has 5 rings (SSSR count). The Hall–Kier alpha value is -1.66. The summed E-state index contributed by atoms with van der Waals surface area (Å²) < 4.78 is 19.4. The molecule has 4 unspecified atom stereocenters. The third kappa shape index (κ3) is 4.48. The van der Waals surface area contributed by atoms with E-state index < -0.39 is 11.8 Å².